The summed E-state index contributed by atoms with van der Waals surface area (Å²) >= 11 is 0. The molecule has 0 saturated carbocycles. The molecular weight excluding hydrogens is 849 g/mol. The number of hydrogen-bond acceptors (Lipinski definition) is 12. The summed E-state index contributed by atoms with van der Waals surface area (Å²) in [4.78, 5) is 48.3. The topological polar surface area (TPSA) is 158 Å². The zero-order valence-electron chi connectivity index (χ0n) is 33.6. The molecule has 2 aliphatic rings. The lowest BCUT2D eigenvalue weighted by Crippen LogP contribution is -2.01. The van der Waals surface area contributed by atoms with Crippen LogP contribution >= 0.6 is 0 Å². The Morgan fingerprint density at radius 3 is 0.892 bits per heavy atom. The standard InChI is InChI=1S/C52H30O12S/c53-49-43-3-1-5-45(47(43)51(55)63-49)61-39-19-11-33(12-20-39)31-7-15-35(16-8-31)59-37-23-27-41(28-24-37)65(57,58)42-29-25-38(26-30-42)60-36-17-9-32(10-18-36)34-13-21-40(22-14-34)62-46-6-2-4-44-48(46)52(56)64-50(44)54/h1-30H. The van der Waals surface area contributed by atoms with E-state index in [2.05, 4.69) is 0 Å². The van der Waals surface area contributed by atoms with E-state index in [0.717, 1.165) is 22.3 Å². The molecule has 12 nitrogen and oxygen atoms in total. The molecule has 0 amide bonds. The van der Waals surface area contributed by atoms with Gasteiger partial charge in [-0.25, -0.2) is 27.6 Å². The minimum Gasteiger partial charge on any atom is -0.457 e. The lowest BCUT2D eigenvalue weighted by Gasteiger charge is -2.11. The number of esters is 4. The van der Waals surface area contributed by atoms with Gasteiger partial charge >= 0.3 is 23.9 Å². The molecule has 65 heavy (non-hydrogen) atoms. The van der Waals surface area contributed by atoms with Gasteiger partial charge in [-0.15, -0.1) is 0 Å². The van der Waals surface area contributed by atoms with Gasteiger partial charge in [0.15, 0.2) is 0 Å². The summed E-state index contributed by atoms with van der Waals surface area (Å²) < 4.78 is 60.3. The van der Waals surface area contributed by atoms with Gasteiger partial charge in [-0.05, 0) is 144 Å². The number of cyclic esters (lactones) is 4. The first-order chi connectivity index (χ1) is 31.6. The van der Waals surface area contributed by atoms with Gasteiger partial charge in [0, 0.05) is 0 Å². The maximum Gasteiger partial charge on any atom is 0.350 e. The van der Waals surface area contributed by atoms with Crippen molar-refractivity contribution in [1.29, 1.82) is 0 Å². The molecule has 0 atom stereocenters. The molecule has 0 unspecified atom stereocenters. The van der Waals surface area contributed by atoms with Crippen LogP contribution < -0.4 is 18.9 Å². The summed E-state index contributed by atoms with van der Waals surface area (Å²) in [5, 5.41) is 0. The maximum atomic E-state index is 13.5. The van der Waals surface area contributed by atoms with E-state index < -0.39 is 33.7 Å². The van der Waals surface area contributed by atoms with Crippen molar-refractivity contribution in [3.05, 3.63) is 204 Å². The second kappa shape index (κ2) is 16.5. The maximum absolute atomic E-state index is 13.5. The average Bonchev–Trinajstić information content (AvgIpc) is 3.80. The molecule has 2 aliphatic heterocycles. The van der Waals surface area contributed by atoms with Crippen LogP contribution in [0.1, 0.15) is 41.4 Å². The molecule has 316 valence electrons. The number of sulfone groups is 1. The smallest absolute Gasteiger partial charge is 0.350 e. The van der Waals surface area contributed by atoms with Crippen LogP contribution in [-0.2, 0) is 19.3 Å². The number of carbonyl (C=O) groups is 4. The Hall–Kier alpha value is -8.81. The van der Waals surface area contributed by atoms with Crippen molar-refractivity contribution in [2.45, 2.75) is 9.79 Å². The van der Waals surface area contributed by atoms with E-state index in [9.17, 15) is 27.6 Å². The molecule has 0 bridgehead atoms. The molecule has 0 N–H and O–H groups in total. The first-order valence-corrected chi connectivity index (χ1v) is 21.4. The van der Waals surface area contributed by atoms with E-state index in [1.54, 1.807) is 97.1 Å². The largest absolute Gasteiger partial charge is 0.457 e. The van der Waals surface area contributed by atoms with Gasteiger partial charge in [0.1, 0.15) is 57.1 Å². The summed E-state index contributed by atoms with van der Waals surface area (Å²) in [6.45, 7) is 0. The fourth-order valence-corrected chi connectivity index (χ4v) is 8.53. The summed E-state index contributed by atoms with van der Waals surface area (Å²) in [7, 11) is -3.84. The van der Waals surface area contributed by atoms with Crippen molar-refractivity contribution in [1.82, 2.24) is 0 Å². The molecular formula is C52H30O12S. The van der Waals surface area contributed by atoms with Crippen LogP contribution in [0.15, 0.2) is 192 Å². The molecule has 0 saturated heterocycles. The van der Waals surface area contributed by atoms with E-state index in [1.165, 1.54) is 36.4 Å². The SMILES string of the molecule is O=C1OC(=O)c2c(Oc3ccc(-c4ccc(Oc5ccc(S(=O)(=O)c6ccc(Oc7ccc(-c8ccc(Oc9cccc%10c9C(=O)OC%10=O)cc8)cc7)cc6)cc5)cc4)cc3)cccc21. The van der Waals surface area contributed by atoms with Crippen LogP contribution in [0, 0.1) is 0 Å². The Kier molecular flexibility index (Phi) is 10.2. The highest BCUT2D eigenvalue weighted by Gasteiger charge is 2.34. The van der Waals surface area contributed by atoms with Crippen molar-refractivity contribution < 1.29 is 56.0 Å². The van der Waals surface area contributed by atoms with E-state index >= 15 is 0 Å². The first kappa shape index (κ1) is 40.3. The van der Waals surface area contributed by atoms with Crippen LogP contribution in [-0.4, -0.2) is 32.3 Å². The van der Waals surface area contributed by atoms with Crippen LogP contribution in [0.5, 0.6) is 46.0 Å². The van der Waals surface area contributed by atoms with Crippen molar-refractivity contribution in [2.24, 2.45) is 0 Å². The second-order valence-corrected chi connectivity index (χ2v) is 16.6. The van der Waals surface area contributed by atoms with Crippen LogP contribution in [0.4, 0.5) is 0 Å². The number of benzene rings is 8. The third-order valence-corrected chi connectivity index (χ3v) is 12.3. The summed E-state index contributed by atoms with van der Waals surface area (Å²) in [6, 6.07) is 51.1. The van der Waals surface area contributed by atoms with Gasteiger partial charge in [0.05, 0.1) is 20.9 Å². The summed E-state index contributed by atoms with van der Waals surface area (Å²) in [5.74, 6) is 0.577. The van der Waals surface area contributed by atoms with Crippen molar-refractivity contribution in [3.8, 4) is 68.2 Å². The molecule has 0 spiro atoms. The quantitative estimate of drug-likeness (QED) is 0.0846. The highest BCUT2D eigenvalue weighted by Crippen LogP contribution is 2.36. The van der Waals surface area contributed by atoms with Crippen LogP contribution in [0.3, 0.4) is 0 Å². The fourth-order valence-electron chi connectivity index (χ4n) is 7.27. The number of carbonyl (C=O) groups excluding carboxylic acids is 4. The molecule has 0 fully saturated rings. The molecule has 0 aliphatic carbocycles. The van der Waals surface area contributed by atoms with Crippen molar-refractivity contribution in [3.63, 3.8) is 0 Å². The average molecular weight is 879 g/mol. The molecule has 8 aromatic carbocycles. The third-order valence-electron chi connectivity index (χ3n) is 10.6. The summed E-state index contributed by atoms with van der Waals surface area (Å²) in [5.41, 5.74) is 4.17. The predicted molar refractivity (Wildman–Crippen MR) is 235 cm³/mol. The van der Waals surface area contributed by atoms with E-state index in [0.29, 0.717) is 34.5 Å². The lowest BCUT2D eigenvalue weighted by molar-refractivity contribution is 0.0424. The fraction of sp³-hybridized carbons (Fsp3) is 0. The zero-order valence-corrected chi connectivity index (χ0v) is 34.4. The summed E-state index contributed by atoms with van der Waals surface area (Å²) in [6.07, 6.45) is 0. The highest BCUT2D eigenvalue weighted by atomic mass is 32.2. The molecule has 2 heterocycles. The normalized spacial score (nSPS) is 12.8. The number of hydrogen-bond donors (Lipinski definition) is 0. The minimum atomic E-state index is -3.84. The molecule has 13 heteroatoms. The first-order valence-electron chi connectivity index (χ1n) is 19.9. The molecule has 0 radical (unpaired) electrons. The van der Waals surface area contributed by atoms with Gasteiger partial charge in [-0.3, -0.25) is 0 Å². The number of ether oxygens (including phenoxy) is 6. The molecule has 10 rings (SSSR count). The molecule has 8 aromatic rings. The van der Waals surface area contributed by atoms with Gasteiger partial charge < -0.3 is 28.4 Å². The number of rotatable bonds is 12. The van der Waals surface area contributed by atoms with Gasteiger partial charge in [0.2, 0.25) is 9.84 Å². The second-order valence-electron chi connectivity index (χ2n) is 14.7. The highest BCUT2D eigenvalue weighted by molar-refractivity contribution is 7.91. The van der Waals surface area contributed by atoms with E-state index in [4.69, 9.17) is 28.4 Å². The monoisotopic (exact) mass is 878 g/mol. The van der Waals surface area contributed by atoms with E-state index in [1.807, 2.05) is 48.5 Å². The van der Waals surface area contributed by atoms with Crippen molar-refractivity contribution in [2.75, 3.05) is 0 Å². The van der Waals surface area contributed by atoms with Crippen LogP contribution in [0.2, 0.25) is 0 Å². The van der Waals surface area contributed by atoms with Crippen molar-refractivity contribution >= 4 is 33.7 Å². The van der Waals surface area contributed by atoms with Gasteiger partial charge in [-0.2, -0.15) is 0 Å². The predicted octanol–water partition coefficient (Wildman–Crippen LogP) is 11.6. The Balaban J connectivity index is 0.728. The van der Waals surface area contributed by atoms with Crippen LogP contribution in [0.25, 0.3) is 22.3 Å². The van der Waals surface area contributed by atoms with Gasteiger partial charge in [-0.1, -0.05) is 60.7 Å². The third kappa shape index (κ3) is 8.06. The van der Waals surface area contributed by atoms with Gasteiger partial charge in [0.25, 0.3) is 0 Å². The Morgan fingerprint density at radius 1 is 0.308 bits per heavy atom. The van der Waals surface area contributed by atoms with E-state index in [-0.39, 0.29) is 43.5 Å². The zero-order chi connectivity index (χ0) is 44.7. The Bertz CT molecular complexity index is 3070. The minimum absolute atomic E-state index is 0.103. The number of fused-ring (bicyclic) bond motifs is 2. The lowest BCUT2D eigenvalue weighted by atomic mass is 10.1. The Labute approximate surface area is 370 Å². The Morgan fingerprint density at radius 2 is 0.585 bits per heavy atom. The molecule has 0 aromatic heterocycles.